The van der Waals surface area contributed by atoms with Gasteiger partial charge in [0.1, 0.15) is 5.76 Å². The van der Waals surface area contributed by atoms with Gasteiger partial charge < -0.3 is 15.2 Å². The number of guanidine groups is 1. The van der Waals surface area contributed by atoms with Gasteiger partial charge in [0.05, 0.1) is 5.69 Å². The van der Waals surface area contributed by atoms with Crippen molar-refractivity contribution in [2.75, 3.05) is 26.2 Å². The van der Waals surface area contributed by atoms with E-state index < -0.39 is 0 Å². The average molecular weight is 348 g/mol. The van der Waals surface area contributed by atoms with Crippen LogP contribution in [0.4, 0.5) is 0 Å². The van der Waals surface area contributed by atoms with E-state index in [1.807, 2.05) is 13.8 Å². The quantitative estimate of drug-likeness (QED) is 0.611. The molecule has 0 aromatic carbocycles. The maximum absolute atomic E-state index is 5.23. The van der Waals surface area contributed by atoms with E-state index in [9.17, 15) is 0 Å². The fourth-order valence-corrected chi connectivity index (χ4v) is 4.16. The SMILES string of the molecule is CCNC(=NCCc1c(C)noc1C)N[C@H]1CCN(C2CCCC2)C1. The third-order valence-corrected chi connectivity index (χ3v) is 5.56. The van der Waals surface area contributed by atoms with Crippen molar-refractivity contribution < 1.29 is 4.52 Å². The number of rotatable bonds is 6. The van der Waals surface area contributed by atoms with E-state index in [-0.39, 0.29) is 0 Å². The van der Waals surface area contributed by atoms with Crippen LogP contribution in [0.2, 0.25) is 0 Å². The molecule has 2 fully saturated rings. The van der Waals surface area contributed by atoms with Crippen LogP contribution < -0.4 is 10.6 Å². The first kappa shape index (κ1) is 18.2. The fraction of sp³-hybridized carbons (Fsp3) is 0.789. The van der Waals surface area contributed by atoms with Crippen LogP contribution in [0, 0.1) is 13.8 Å². The predicted molar refractivity (Wildman–Crippen MR) is 101 cm³/mol. The largest absolute Gasteiger partial charge is 0.361 e. The first-order valence-electron chi connectivity index (χ1n) is 9.88. The van der Waals surface area contributed by atoms with Gasteiger partial charge in [0, 0.05) is 43.8 Å². The van der Waals surface area contributed by atoms with Gasteiger partial charge in [-0.15, -0.1) is 0 Å². The van der Waals surface area contributed by atoms with Crippen LogP contribution in [0.15, 0.2) is 9.52 Å². The van der Waals surface area contributed by atoms with Crippen LogP contribution in [0.25, 0.3) is 0 Å². The molecule has 2 N–H and O–H groups in total. The summed E-state index contributed by atoms with van der Waals surface area (Å²) in [7, 11) is 0. The number of aryl methyl sites for hydroxylation is 2. The highest BCUT2D eigenvalue weighted by atomic mass is 16.5. The van der Waals surface area contributed by atoms with Crippen molar-refractivity contribution in [3.63, 3.8) is 0 Å². The Hall–Kier alpha value is -1.56. The first-order valence-corrected chi connectivity index (χ1v) is 9.88. The van der Waals surface area contributed by atoms with Gasteiger partial charge in [-0.25, -0.2) is 0 Å². The lowest BCUT2D eigenvalue weighted by Gasteiger charge is -2.24. The van der Waals surface area contributed by atoms with E-state index in [0.717, 1.165) is 49.5 Å². The Labute approximate surface area is 151 Å². The Balaban J connectivity index is 1.50. The Morgan fingerprint density at radius 3 is 2.76 bits per heavy atom. The summed E-state index contributed by atoms with van der Waals surface area (Å²) in [5, 5.41) is 11.0. The van der Waals surface area contributed by atoms with E-state index in [4.69, 9.17) is 9.52 Å². The van der Waals surface area contributed by atoms with Crippen molar-refractivity contribution >= 4 is 5.96 Å². The molecule has 2 aliphatic rings. The monoisotopic (exact) mass is 347 g/mol. The average Bonchev–Trinajstić information content (AvgIpc) is 3.32. The van der Waals surface area contributed by atoms with Crippen LogP contribution in [-0.2, 0) is 6.42 Å². The topological polar surface area (TPSA) is 65.7 Å². The molecule has 140 valence electrons. The summed E-state index contributed by atoms with van der Waals surface area (Å²) in [5.41, 5.74) is 2.17. The molecule has 0 radical (unpaired) electrons. The number of nitrogens with one attached hydrogen (secondary N) is 2. The Kier molecular flexibility index (Phi) is 6.34. The molecule has 6 heteroatoms. The molecule has 25 heavy (non-hydrogen) atoms. The van der Waals surface area contributed by atoms with Crippen molar-refractivity contribution in [2.45, 2.75) is 71.4 Å². The van der Waals surface area contributed by atoms with Gasteiger partial charge in [-0.3, -0.25) is 9.89 Å². The van der Waals surface area contributed by atoms with Gasteiger partial charge in [0.2, 0.25) is 0 Å². The number of aromatic nitrogens is 1. The van der Waals surface area contributed by atoms with Crippen molar-refractivity contribution in [2.24, 2.45) is 4.99 Å². The molecule has 2 heterocycles. The second-order valence-electron chi connectivity index (χ2n) is 7.38. The lowest BCUT2D eigenvalue weighted by molar-refractivity contribution is 0.242. The van der Waals surface area contributed by atoms with E-state index in [1.165, 1.54) is 44.2 Å². The first-order chi connectivity index (χ1) is 12.2. The zero-order chi connectivity index (χ0) is 17.6. The molecule has 1 aliphatic carbocycles. The van der Waals surface area contributed by atoms with E-state index >= 15 is 0 Å². The van der Waals surface area contributed by atoms with E-state index in [2.05, 4.69) is 27.6 Å². The summed E-state index contributed by atoms with van der Waals surface area (Å²) in [4.78, 5) is 7.44. The molecule has 0 amide bonds. The van der Waals surface area contributed by atoms with Crippen LogP contribution in [0.1, 0.15) is 56.0 Å². The van der Waals surface area contributed by atoms with Gasteiger partial charge in [0.25, 0.3) is 0 Å². The highest BCUT2D eigenvalue weighted by Crippen LogP contribution is 2.26. The molecule has 1 aromatic rings. The molecule has 3 rings (SSSR count). The smallest absolute Gasteiger partial charge is 0.191 e. The molecule has 0 unspecified atom stereocenters. The number of nitrogens with zero attached hydrogens (tertiary/aromatic N) is 3. The molecule has 1 aliphatic heterocycles. The van der Waals surface area contributed by atoms with Crippen molar-refractivity contribution in [3.05, 3.63) is 17.0 Å². The normalized spacial score (nSPS) is 22.7. The highest BCUT2D eigenvalue weighted by Gasteiger charge is 2.30. The Morgan fingerprint density at radius 1 is 1.28 bits per heavy atom. The second kappa shape index (κ2) is 8.70. The molecule has 0 bridgehead atoms. The van der Waals surface area contributed by atoms with Crippen LogP contribution in [0.5, 0.6) is 0 Å². The maximum atomic E-state index is 5.23. The van der Waals surface area contributed by atoms with Gasteiger partial charge in [0.15, 0.2) is 5.96 Å². The number of aliphatic imine (C=N–C) groups is 1. The molecule has 0 spiro atoms. The van der Waals surface area contributed by atoms with Crippen molar-refractivity contribution in [1.82, 2.24) is 20.7 Å². The summed E-state index contributed by atoms with van der Waals surface area (Å²) in [5.74, 6) is 1.85. The van der Waals surface area contributed by atoms with Crippen molar-refractivity contribution in [1.29, 1.82) is 0 Å². The molecule has 1 aromatic heterocycles. The van der Waals surface area contributed by atoms with Crippen LogP contribution in [0.3, 0.4) is 0 Å². The van der Waals surface area contributed by atoms with Gasteiger partial charge >= 0.3 is 0 Å². The van der Waals surface area contributed by atoms with Gasteiger partial charge in [-0.1, -0.05) is 18.0 Å². The maximum Gasteiger partial charge on any atom is 0.191 e. The van der Waals surface area contributed by atoms with Crippen molar-refractivity contribution in [3.8, 4) is 0 Å². The number of hydrogen-bond donors (Lipinski definition) is 2. The zero-order valence-corrected chi connectivity index (χ0v) is 16.0. The zero-order valence-electron chi connectivity index (χ0n) is 16.0. The molecular weight excluding hydrogens is 314 g/mol. The standard InChI is InChI=1S/C19H33N5O/c1-4-20-19(21-11-9-18-14(2)23-25-15(18)3)22-16-10-12-24(13-16)17-7-5-6-8-17/h16-17H,4-13H2,1-3H3,(H2,20,21,22)/t16-/m0/s1. The molecule has 1 atom stereocenters. The molecular formula is C19H33N5O. The van der Waals surface area contributed by atoms with Crippen LogP contribution in [-0.4, -0.2) is 54.3 Å². The van der Waals surface area contributed by atoms with Crippen LogP contribution >= 0.6 is 0 Å². The van der Waals surface area contributed by atoms with E-state index in [0.29, 0.717) is 6.04 Å². The Morgan fingerprint density at radius 2 is 2.08 bits per heavy atom. The summed E-state index contributed by atoms with van der Waals surface area (Å²) >= 11 is 0. The molecule has 1 saturated carbocycles. The molecule has 6 nitrogen and oxygen atoms in total. The summed E-state index contributed by atoms with van der Waals surface area (Å²) in [6.07, 6.45) is 7.67. The summed E-state index contributed by atoms with van der Waals surface area (Å²) in [6, 6.07) is 1.34. The Bertz CT molecular complexity index is 557. The fourth-order valence-electron chi connectivity index (χ4n) is 4.16. The third kappa shape index (κ3) is 4.75. The van der Waals surface area contributed by atoms with E-state index in [1.54, 1.807) is 0 Å². The minimum atomic E-state index is 0.512. The molecule has 1 saturated heterocycles. The lowest BCUT2D eigenvalue weighted by Crippen LogP contribution is -2.45. The lowest BCUT2D eigenvalue weighted by atomic mass is 10.1. The number of likely N-dealkylation sites (tertiary alicyclic amines) is 1. The summed E-state index contributed by atoms with van der Waals surface area (Å²) in [6.45, 7) is 10.1. The minimum Gasteiger partial charge on any atom is -0.361 e. The van der Waals surface area contributed by atoms with Gasteiger partial charge in [-0.05, 0) is 46.5 Å². The third-order valence-electron chi connectivity index (χ3n) is 5.56. The second-order valence-corrected chi connectivity index (χ2v) is 7.38. The number of hydrogen-bond acceptors (Lipinski definition) is 4. The highest BCUT2D eigenvalue weighted by molar-refractivity contribution is 5.80. The minimum absolute atomic E-state index is 0.512. The predicted octanol–water partition coefficient (Wildman–Crippen LogP) is 2.41. The van der Waals surface area contributed by atoms with Gasteiger partial charge in [-0.2, -0.15) is 0 Å². The summed E-state index contributed by atoms with van der Waals surface area (Å²) < 4.78 is 5.23.